The normalized spacial score (nSPS) is 20.2. The molecule has 2 rings (SSSR count). The minimum Gasteiger partial charge on any atom is -0.334 e. The Balaban J connectivity index is 0.00000200. The summed E-state index contributed by atoms with van der Waals surface area (Å²) >= 11 is 0. The van der Waals surface area contributed by atoms with Crippen LogP contribution in [0.5, 0.6) is 0 Å². The van der Waals surface area contributed by atoms with Crippen molar-refractivity contribution < 1.29 is 9.18 Å². The van der Waals surface area contributed by atoms with Gasteiger partial charge in [0.15, 0.2) is 0 Å². The summed E-state index contributed by atoms with van der Waals surface area (Å²) in [5.74, 6) is -0.687. The summed E-state index contributed by atoms with van der Waals surface area (Å²) < 4.78 is 13.8. The third kappa shape index (κ3) is 3.49. The van der Waals surface area contributed by atoms with Crippen LogP contribution in [0.25, 0.3) is 0 Å². The maximum atomic E-state index is 13.8. The lowest BCUT2D eigenvalue weighted by Gasteiger charge is -2.38. The molecule has 112 valence electrons. The van der Waals surface area contributed by atoms with E-state index in [1.807, 2.05) is 13.8 Å². The highest BCUT2D eigenvalue weighted by atomic mass is 35.5. The van der Waals surface area contributed by atoms with E-state index in [0.717, 1.165) is 24.8 Å². The molecule has 1 fully saturated rings. The molecule has 1 heterocycles. The molecular formula is C15H22ClFN2O. The molecule has 1 aliphatic heterocycles. The highest BCUT2D eigenvalue weighted by molar-refractivity contribution is 5.95. The summed E-state index contributed by atoms with van der Waals surface area (Å²) in [4.78, 5) is 14.3. The van der Waals surface area contributed by atoms with Crippen LogP contribution in [0.2, 0.25) is 0 Å². The predicted molar refractivity (Wildman–Crippen MR) is 80.7 cm³/mol. The lowest BCUT2D eigenvalue weighted by molar-refractivity contribution is 0.0579. The zero-order valence-corrected chi connectivity index (χ0v) is 12.8. The van der Waals surface area contributed by atoms with Gasteiger partial charge in [-0.25, -0.2) is 4.39 Å². The summed E-state index contributed by atoms with van der Waals surface area (Å²) in [5, 5.41) is 0. The molecule has 2 atom stereocenters. The number of likely N-dealkylation sites (tertiary alicyclic amines) is 1. The maximum Gasteiger partial charge on any atom is 0.257 e. The number of nitrogens with two attached hydrogens (primary N) is 1. The summed E-state index contributed by atoms with van der Waals surface area (Å²) in [6, 6.07) is 4.57. The number of hydrogen-bond donors (Lipinski definition) is 1. The second kappa shape index (κ2) is 7.04. The Morgan fingerprint density at radius 1 is 1.45 bits per heavy atom. The Hall–Kier alpha value is -1.13. The molecule has 1 aliphatic rings. The number of amides is 1. The molecule has 20 heavy (non-hydrogen) atoms. The maximum absolute atomic E-state index is 13.8. The SMILES string of the molecule is Cc1ccc(F)c(C(=O)N2CCCCC2C(C)N)c1.Cl. The smallest absolute Gasteiger partial charge is 0.257 e. The van der Waals surface area contributed by atoms with Gasteiger partial charge in [0, 0.05) is 18.6 Å². The first-order chi connectivity index (χ1) is 9.00. The monoisotopic (exact) mass is 300 g/mol. The number of rotatable bonds is 2. The third-order valence-electron chi connectivity index (χ3n) is 3.77. The van der Waals surface area contributed by atoms with E-state index < -0.39 is 5.82 Å². The largest absolute Gasteiger partial charge is 0.334 e. The highest BCUT2D eigenvalue weighted by Crippen LogP contribution is 2.22. The lowest BCUT2D eigenvalue weighted by atomic mass is 9.95. The first kappa shape index (κ1) is 16.9. The van der Waals surface area contributed by atoms with Crippen LogP contribution in [-0.2, 0) is 0 Å². The van der Waals surface area contributed by atoms with Crippen LogP contribution in [0.1, 0.15) is 42.1 Å². The van der Waals surface area contributed by atoms with E-state index in [1.54, 1.807) is 17.0 Å². The van der Waals surface area contributed by atoms with Crippen molar-refractivity contribution in [2.24, 2.45) is 5.73 Å². The van der Waals surface area contributed by atoms with Gasteiger partial charge in [0.05, 0.1) is 5.56 Å². The quantitative estimate of drug-likeness (QED) is 0.913. The lowest BCUT2D eigenvalue weighted by Crippen LogP contribution is -2.51. The van der Waals surface area contributed by atoms with Crippen LogP contribution in [0.4, 0.5) is 4.39 Å². The molecule has 1 aromatic carbocycles. The van der Waals surface area contributed by atoms with E-state index in [9.17, 15) is 9.18 Å². The highest BCUT2D eigenvalue weighted by Gasteiger charge is 2.30. The van der Waals surface area contributed by atoms with Crippen LogP contribution in [0, 0.1) is 12.7 Å². The fourth-order valence-corrected chi connectivity index (χ4v) is 2.71. The van der Waals surface area contributed by atoms with Gasteiger partial charge in [0.1, 0.15) is 5.82 Å². The summed E-state index contributed by atoms with van der Waals surface area (Å²) in [6.45, 7) is 4.43. The van der Waals surface area contributed by atoms with Crippen LogP contribution in [0.3, 0.4) is 0 Å². The second-order valence-electron chi connectivity index (χ2n) is 5.40. The van der Waals surface area contributed by atoms with Gasteiger partial charge in [0.2, 0.25) is 0 Å². The molecule has 5 heteroatoms. The van der Waals surface area contributed by atoms with Crippen molar-refractivity contribution in [3.8, 4) is 0 Å². The van der Waals surface area contributed by atoms with Gasteiger partial charge < -0.3 is 10.6 Å². The Morgan fingerprint density at radius 3 is 2.80 bits per heavy atom. The molecule has 3 nitrogen and oxygen atoms in total. The van der Waals surface area contributed by atoms with Gasteiger partial charge in [0.25, 0.3) is 5.91 Å². The van der Waals surface area contributed by atoms with Crippen LogP contribution in [0.15, 0.2) is 18.2 Å². The van der Waals surface area contributed by atoms with Crippen molar-refractivity contribution in [2.75, 3.05) is 6.54 Å². The van der Waals surface area contributed by atoms with Crippen molar-refractivity contribution in [1.82, 2.24) is 4.90 Å². The number of benzene rings is 1. The fraction of sp³-hybridized carbons (Fsp3) is 0.533. The molecule has 1 aromatic rings. The molecule has 0 bridgehead atoms. The summed E-state index contributed by atoms with van der Waals surface area (Å²) in [5.41, 5.74) is 7.00. The number of nitrogens with zero attached hydrogens (tertiary/aromatic N) is 1. The first-order valence-electron chi connectivity index (χ1n) is 6.83. The number of piperidine rings is 1. The van der Waals surface area contributed by atoms with Crippen molar-refractivity contribution in [3.05, 3.63) is 35.1 Å². The van der Waals surface area contributed by atoms with Gasteiger partial charge in [-0.15, -0.1) is 12.4 Å². The van der Waals surface area contributed by atoms with E-state index >= 15 is 0 Å². The van der Waals surface area contributed by atoms with Crippen LogP contribution >= 0.6 is 12.4 Å². The number of halogens is 2. The van der Waals surface area contributed by atoms with Crippen molar-refractivity contribution in [2.45, 2.75) is 45.2 Å². The molecule has 0 radical (unpaired) electrons. The first-order valence-corrected chi connectivity index (χ1v) is 6.83. The van der Waals surface area contributed by atoms with Gasteiger partial charge in [-0.3, -0.25) is 4.79 Å². The van der Waals surface area contributed by atoms with Crippen molar-refractivity contribution >= 4 is 18.3 Å². The summed E-state index contributed by atoms with van der Waals surface area (Å²) in [7, 11) is 0. The van der Waals surface area contributed by atoms with Crippen LogP contribution in [-0.4, -0.2) is 29.4 Å². The zero-order valence-electron chi connectivity index (χ0n) is 11.9. The summed E-state index contributed by atoms with van der Waals surface area (Å²) in [6.07, 6.45) is 2.94. The van der Waals surface area contributed by atoms with Crippen LogP contribution < -0.4 is 5.73 Å². The Labute approximate surface area is 125 Å². The molecule has 0 aliphatic carbocycles. The topological polar surface area (TPSA) is 46.3 Å². The standard InChI is InChI=1S/C15H21FN2O.ClH/c1-10-6-7-13(16)12(9-10)15(19)18-8-4-3-5-14(18)11(2)17;/h6-7,9,11,14H,3-5,8,17H2,1-2H3;1H. The number of carbonyl (C=O) groups excluding carboxylic acids is 1. The molecule has 0 aromatic heterocycles. The van der Waals surface area contributed by atoms with Gasteiger partial charge in [-0.1, -0.05) is 11.6 Å². The van der Waals surface area contributed by atoms with Crippen molar-refractivity contribution in [1.29, 1.82) is 0 Å². The molecular weight excluding hydrogens is 279 g/mol. The molecule has 1 saturated heterocycles. The van der Waals surface area contributed by atoms with E-state index in [4.69, 9.17) is 5.73 Å². The van der Waals surface area contributed by atoms with Gasteiger partial charge in [-0.2, -0.15) is 0 Å². The Bertz CT molecular complexity index is 479. The van der Waals surface area contributed by atoms with Crippen molar-refractivity contribution in [3.63, 3.8) is 0 Å². The Kier molecular flexibility index (Phi) is 5.96. The second-order valence-corrected chi connectivity index (χ2v) is 5.40. The average Bonchev–Trinajstić information content (AvgIpc) is 2.40. The zero-order chi connectivity index (χ0) is 14.0. The number of aryl methyl sites for hydroxylation is 1. The average molecular weight is 301 g/mol. The van der Waals surface area contributed by atoms with E-state index in [1.165, 1.54) is 6.07 Å². The number of hydrogen-bond acceptors (Lipinski definition) is 2. The number of carbonyl (C=O) groups is 1. The van der Waals surface area contributed by atoms with E-state index in [2.05, 4.69) is 0 Å². The van der Waals surface area contributed by atoms with Gasteiger partial charge >= 0.3 is 0 Å². The van der Waals surface area contributed by atoms with E-state index in [-0.39, 0.29) is 36.0 Å². The molecule has 1 amide bonds. The Morgan fingerprint density at radius 2 is 2.15 bits per heavy atom. The third-order valence-corrected chi connectivity index (χ3v) is 3.77. The van der Waals surface area contributed by atoms with Gasteiger partial charge in [-0.05, 0) is 45.2 Å². The fourth-order valence-electron chi connectivity index (χ4n) is 2.71. The minimum absolute atomic E-state index is 0. The minimum atomic E-state index is -0.454. The molecule has 2 N–H and O–H groups in total. The molecule has 0 spiro atoms. The predicted octanol–water partition coefficient (Wildman–Crippen LogP) is 2.90. The van der Waals surface area contributed by atoms with E-state index in [0.29, 0.717) is 6.54 Å². The molecule has 0 saturated carbocycles. The molecule has 2 unspecified atom stereocenters.